The van der Waals surface area contributed by atoms with Gasteiger partial charge in [-0.3, -0.25) is 4.79 Å². The summed E-state index contributed by atoms with van der Waals surface area (Å²) in [6, 6.07) is 13.8. The average molecular weight is 336 g/mol. The number of nitrogen functional groups attached to an aromatic ring is 1. The Morgan fingerprint density at radius 3 is 2.60 bits per heavy atom. The van der Waals surface area contributed by atoms with E-state index in [1.54, 1.807) is 10.6 Å². The highest BCUT2D eigenvalue weighted by Crippen LogP contribution is 2.23. The second-order valence-electron chi connectivity index (χ2n) is 6.86. The molecule has 1 aromatic heterocycles. The molecule has 2 N–H and O–H groups in total. The quantitative estimate of drug-likeness (QED) is 0.933. The fourth-order valence-corrected chi connectivity index (χ4v) is 3.36. The molecular formula is C20H24N4O. The van der Waals surface area contributed by atoms with Gasteiger partial charge >= 0.3 is 0 Å². The third kappa shape index (κ3) is 3.85. The number of aromatic nitrogens is 1. The van der Waals surface area contributed by atoms with Crippen LogP contribution in [0.1, 0.15) is 36.7 Å². The number of amides is 1. The monoisotopic (exact) mass is 336 g/mol. The van der Waals surface area contributed by atoms with Crippen LogP contribution in [0.15, 0.2) is 36.4 Å². The van der Waals surface area contributed by atoms with Gasteiger partial charge in [-0.1, -0.05) is 37.3 Å². The lowest BCUT2D eigenvalue weighted by molar-refractivity contribution is -0.133. The Morgan fingerprint density at radius 1 is 1.28 bits per heavy atom. The lowest BCUT2D eigenvalue weighted by atomic mass is 9.99. The van der Waals surface area contributed by atoms with E-state index >= 15 is 0 Å². The summed E-state index contributed by atoms with van der Waals surface area (Å²) in [5, 5.41) is 9.43. The molecule has 1 fully saturated rings. The Morgan fingerprint density at radius 2 is 1.96 bits per heavy atom. The van der Waals surface area contributed by atoms with Crippen molar-refractivity contribution in [3.05, 3.63) is 53.3 Å². The van der Waals surface area contributed by atoms with Crippen molar-refractivity contribution < 1.29 is 4.79 Å². The van der Waals surface area contributed by atoms with Gasteiger partial charge in [0.2, 0.25) is 5.91 Å². The summed E-state index contributed by atoms with van der Waals surface area (Å²) < 4.78 is 1.78. The molecule has 130 valence electrons. The van der Waals surface area contributed by atoms with E-state index in [4.69, 9.17) is 5.73 Å². The van der Waals surface area contributed by atoms with Crippen LogP contribution in [-0.4, -0.2) is 28.5 Å². The van der Waals surface area contributed by atoms with Crippen LogP contribution in [0, 0.1) is 17.2 Å². The largest absolute Gasteiger partial charge is 0.397 e. The number of rotatable bonds is 4. The molecule has 2 aromatic rings. The molecule has 5 nitrogen and oxygen atoms in total. The molecule has 0 saturated carbocycles. The topological polar surface area (TPSA) is 75.0 Å². The van der Waals surface area contributed by atoms with Gasteiger partial charge in [-0.25, -0.2) is 0 Å². The molecule has 0 bridgehead atoms. The number of carbonyl (C=O) groups is 1. The highest BCUT2D eigenvalue weighted by atomic mass is 16.2. The van der Waals surface area contributed by atoms with E-state index in [9.17, 15) is 10.1 Å². The highest BCUT2D eigenvalue weighted by Gasteiger charge is 2.23. The Kier molecular flexibility index (Phi) is 5.08. The maximum atomic E-state index is 12.7. The first-order valence-electron chi connectivity index (χ1n) is 8.78. The molecule has 0 atom stereocenters. The minimum Gasteiger partial charge on any atom is -0.397 e. The first-order valence-corrected chi connectivity index (χ1v) is 8.78. The van der Waals surface area contributed by atoms with Crippen molar-refractivity contribution in [2.75, 3.05) is 18.8 Å². The first-order chi connectivity index (χ1) is 12.1. The Bertz CT molecular complexity index is 780. The number of benzene rings is 1. The van der Waals surface area contributed by atoms with E-state index in [1.807, 2.05) is 35.2 Å². The molecule has 1 amide bonds. The summed E-state index contributed by atoms with van der Waals surface area (Å²) in [5.74, 6) is 0.739. The van der Waals surface area contributed by atoms with Gasteiger partial charge in [-0.05, 0) is 30.4 Å². The van der Waals surface area contributed by atoms with Crippen molar-refractivity contribution in [3.8, 4) is 6.07 Å². The molecule has 1 saturated heterocycles. The number of piperidine rings is 1. The van der Waals surface area contributed by atoms with Gasteiger partial charge in [0.25, 0.3) is 0 Å². The molecule has 5 heteroatoms. The van der Waals surface area contributed by atoms with E-state index in [-0.39, 0.29) is 12.5 Å². The number of anilines is 1. The van der Waals surface area contributed by atoms with Gasteiger partial charge in [0, 0.05) is 25.2 Å². The zero-order chi connectivity index (χ0) is 17.8. The molecular weight excluding hydrogens is 312 g/mol. The second-order valence-corrected chi connectivity index (χ2v) is 6.86. The number of nitrogens with zero attached hydrogens (tertiary/aromatic N) is 3. The number of nitriles is 1. The summed E-state index contributed by atoms with van der Waals surface area (Å²) in [4.78, 5) is 14.6. The molecule has 3 rings (SSSR count). The van der Waals surface area contributed by atoms with Crippen LogP contribution in [-0.2, 0) is 17.8 Å². The fraction of sp³-hybridized carbons (Fsp3) is 0.400. The van der Waals surface area contributed by atoms with E-state index in [2.05, 4.69) is 13.0 Å². The molecule has 0 unspecified atom stereocenters. The van der Waals surface area contributed by atoms with Gasteiger partial charge in [-0.15, -0.1) is 0 Å². The van der Waals surface area contributed by atoms with Gasteiger partial charge < -0.3 is 15.2 Å². The van der Waals surface area contributed by atoms with Crippen molar-refractivity contribution in [2.45, 2.75) is 32.7 Å². The van der Waals surface area contributed by atoms with Gasteiger partial charge in [-0.2, -0.15) is 5.26 Å². The standard InChI is InChI=1S/C20H24N4O/c1-15-7-9-23(10-8-15)20(25)14-24-17(13-21)12-18(22)19(24)11-16-5-3-2-4-6-16/h2-6,12,15H,7-11,14,22H2,1H3. The Balaban J connectivity index is 1.82. The van der Waals surface area contributed by atoms with Crippen LogP contribution < -0.4 is 5.73 Å². The van der Waals surface area contributed by atoms with E-state index in [0.29, 0.717) is 23.7 Å². The number of hydrogen-bond acceptors (Lipinski definition) is 3. The highest BCUT2D eigenvalue weighted by molar-refractivity contribution is 5.77. The van der Waals surface area contributed by atoms with Gasteiger partial charge in [0.05, 0.1) is 5.69 Å². The predicted octanol–water partition coefficient (Wildman–Crippen LogP) is 2.79. The minimum atomic E-state index is 0.0633. The second kappa shape index (κ2) is 7.43. The third-order valence-electron chi connectivity index (χ3n) is 5.00. The maximum Gasteiger partial charge on any atom is 0.242 e. The van der Waals surface area contributed by atoms with Gasteiger partial charge in [0.15, 0.2) is 0 Å². The van der Waals surface area contributed by atoms with Crippen molar-refractivity contribution in [3.63, 3.8) is 0 Å². The lowest BCUT2D eigenvalue weighted by Gasteiger charge is -2.30. The van der Waals surface area contributed by atoms with E-state index < -0.39 is 0 Å². The molecule has 0 aliphatic carbocycles. The molecule has 25 heavy (non-hydrogen) atoms. The molecule has 1 aliphatic rings. The van der Waals surface area contributed by atoms with Crippen LogP contribution in [0.4, 0.5) is 5.69 Å². The minimum absolute atomic E-state index is 0.0633. The number of nitrogens with two attached hydrogens (primary N) is 1. The van der Waals surface area contributed by atoms with Crippen LogP contribution in [0.3, 0.4) is 0 Å². The zero-order valence-electron chi connectivity index (χ0n) is 14.6. The Labute approximate surface area is 148 Å². The normalized spacial score (nSPS) is 15.1. The SMILES string of the molecule is CC1CCN(C(=O)Cn2c(C#N)cc(N)c2Cc2ccccc2)CC1. The van der Waals surface area contributed by atoms with Gasteiger partial charge in [0.1, 0.15) is 18.3 Å². The van der Waals surface area contributed by atoms with Crippen molar-refractivity contribution in [1.82, 2.24) is 9.47 Å². The fourth-order valence-electron chi connectivity index (χ4n) is 3.36. The first kappa shape index (κ1) is 17.1. The van der Waals surface area contributed by atoms with E-state index in [0.717, 1.165) is 37.2 Å². The smallest absolute Gasteiger partial charge is 0.242 e. The van der Waals surface area contributed by atoms with Crippen molar-refractivity contribution >= 4 is 11.6 Å². The molecule has 1 aliphatic heterocycles. The summed E-state index contributed by atoms with van der Waals surface area (Å²) >= 11 is 0. The zero-order valence-corrected chi connectivity index (χ0v) is 14.6. The summed E-state index contributed by atoms with van der Waals surface area (Å²) in [5.41, 5.74) is 9.10. The third-order valence-corrected chi connectivity index (χ3v) is 5.00. The van der Waals surface area contributed by atoms with Crippen molar-refractivity contribution in [1.29, 1.82) is 5.26 Å². The summed E-state index contributed by atoms with van der Waals surface area (Å²) in [6.07, 6.45) is 2.70. The van der Waals surface area contributed by atoms with Crippen LogP contribution in [0.25, 0.3) is 0 Å². The lowest BCUT2D eigenvalue weighted by Crippen LogP contribution is -2.40. The molecule has 0 spiro atoms. The summed E-state index contributed by atoms with van der Waals surface area (Å²) in [6.45, 7) is 4.00. The number of likely N-dealkylation sites (tertiary alicyclic amines) is 1. The summed E-state index contributed by atoms with van der Waals surface area (Å²) in [7, 11) is 0. The molecule has 2 heterocycles. The van der Waals surface area contributed by atoms with Crippen LogP contribution in [0.2, 0.25) is 0 Å². The maximum absolute atomic E-state index is 12.7. The van der Waals surface area contributed by atoms with Crippen LogP contribution in [0.5, 0.6) is 0 Å². The molecule has 0 radical (unpaired) electrons. The predicted molar refractivity (Wildman–Crippen MR) is 97.8 cm³/mol. The van der Waals surface area contributed by atoms with Crippen molar-refractivity contribution in [2.24, 2.45) is 5.92 Å². The number of carbonyl (C=O) groups excluding carboxylic acids is 1. The van der Waals surface area contributed by atoms with Crippen LogP contribution >= 0.6 is 0 Å². The van der Waals surface area contributed by atoms with E-state index in [1.165, 1.54) is 0 Å². The molecule has 1 aromatic carbocycles. The average Bonchev–Trinajstić information content (AvgIpc) is 2.92. The Hall–Kier alpha value is -2.74. The number of hydrogen-bond donors (Lipinski definition) is 1.